The highest BCUT2D eigenvalue weighted by molar-refractivity contribution is 6.15. The molecule has 0 atom stereocenters. The minimum atomic E-state index is -0.0877. The van der Waals surface area contributed by atoms with Crippen LogP contribution in [0.25, 0.3) is 0 Å². The molecular weight excluding hydrogens is 218 g/mol. The molecule has 0 saturated carbocycles. The summed E-state index contributed by atoms with van der Waals surface area (Å²) in [4.78, 5) is 5.00. The molecule has 1 aliphatic heterocycles. The fourth-order valence-corrected chi connectivity index (χ4v) is 2.26. The Morgan fingerprint density at radius 1 is 1.28 bits per heavy atom. The lowest BCUT2D eigenvalue weighted by Gasteiger charge is -2.44. The van der Waals surface area contributed by atoms with Crippen molar-refractivity contribution in [3.05, 3.63) is 35.5 Å². The summed E-state index contributed by atoms with van der Waals surface area (Å²) in [7, 11) is 0. The van der Waals surface area contributed by atoms with Crippen LogP contribution in [0.5, 0.6) is 0 Å². The van der Waals surface area contributed by atoms with Gasteiger partial charge in [-0.2, -0.15) is 0 Å². The van der Waals surface area contributed by atoms with Crippen molar-refractivity contribution < 1.29 is 0 Å². The Kier molecular flexibility index (Phi) is 4.05. The molecule has 1 heteroatoms. The molecule has 0 fully saturated rings. The largest absolute Gasteiger partial charge is 0.278 e. The normalized spacial score (nSPS) is 22.3. The van der Waals surface area contributed by atoms with Crippen molar-refractivity contribution in [2.45, 2.75) is 60.4 Å². The fraction of sp³-hybridized carbons (Fsp3) is 0.588. The van der Waals surface area contributed by atoms with E-state index in [0.717, 1.165) is 17.7 Å². The van der Waals surface area contributed by atoms with E-state index in [1.807, 2.05) is 0 Å². The molecule has 0 aromatic heterocycles. The van der Waals surface area contributed by atoms with E-state index in [4.69, 9.17) is 4.99 Å². The topological polar surface area (TPSA) is 12.4 Å². The number of aliphatic imine (C=N–C) groups is 1. The summed E-state index contributed by atoms with van der Waals surface area (Å²) in [5, 5.41) is 0. The Morgan fingerprint density at radius 2 is 1.83 bits per heavy atom. The van der Waals surface area contributed by atoms with E-state index in [-0.39, 0.29) is 11.0 Å². The van der Waals surface area contributed by atoms with Crippen LogP contribution in [0.2, 0.25) is 0 Å². The zero-order chi connectivity index (χ0) is 14.1. The van der Waals surface area contributed by atoms with Gasteiger partial charge in [0, 0.05) is 5.41 Å². The van der Waals surface area contributed by atoms with Gasteiger partial charge in [0.1, 0.15) is 0 Å². The summed E-state index contributed by atoms with van der Waals surface area (Å²) < 4.78 is 0. The maximum atomic E-state index is 5.00. The first-order valence-electron chi connectivity index (χ1n) is 6.81. The molecule has 1 nitrogen and oxygen atoms in total. The first-order valence-corrected chi connectivity index (χ1v) is 6.81. The monoisotopic (exact) mass is 245 g/mol. The van der Waals surface area contributed by atoms with E-state index in [0.29, 0.717) is 0 Å². The van der Waals surface area contributed by atoms with Crippen LogP contribution in [0, 0.1) is 5.41 Å². The minimum Gasteiger partial charge on any atom is -0.278 e. The van der Waals surface area contributed by atoms with Crippen LogP contribution in [0.1, 0.15) is 54.9 Å². The third-order valence-corrected chi connectivity index (χ3v) is 4.61. The third kappa shape index (κ3) is 2.23. The number of hydrogen-bond donors (Lipinski definition) is 0. The molecule has 0 aromatic carbocycles. The molecule has 1 heterocycles. The second kappa shape index (κ2) is 4.87. The maximum Gasteiger partial charge on any atom is 0.0679 e. The summed E-state index contributed by atoms with van der Waals surface area (Å²) in [6, 6.07) is 0. The second-order valence-electron chi connectivity index (χ2n) is 6.14. The highest BCUT2D eigenvalue weighted by atomic mass is 14.9. The van der Waals surface area contributed by atoms with Crippen LogP contribution < -0.4 is 0 Å². The van der Waals surface area contributed by atoms with E-state index >= 15 is 0 Å². The van der Waals surface area contributed by atoms with Gasteiger partial charge in [-0.25, -0.2) is 0 Å². The molecule has 1 rings (SSSR count). The molecule has 0 amide bonds. The van der Waals surface area contributed by atoms with Crippen molar-refractivity contribution >= 4 is 5.71 Å². The Bertz CT molecular complexity index is 442. The van der Waals surface area contributed by atoms with E-state index in [1.54, 1.807) is 0 Å². The Balaban J connectivity index is 3.50. The van der Waals surface area contributed by atoms with Crippen LogP contribution in [0.4, 0.5) is 0 Å². The molecule has 18 heavy (non-hydrogen) atoms. The molecule has 0 bridgehead atoms. The summed E-state index contributed by atoms with van der Waals surface area (Å²) in [6.45, 7) is 19.6. The van der Waals surface area contributed by atoms with E-state index in [1.165, 1.54) is 11.1 Å². The molecule has 0 unspecified atom stereocenters. The van der Waals surface area contributed by atoms with Crippen molar-refractivity contribution in [3.63, 3.8) is 0 Å². The second-order valence-corrected chi connectivity index (χ2v) is 6.14. The molecule has 100 valence electrons. The molecule has 0 radical (unpaired) electrons. The average molecular weight is 245 g/mol. The Morgan fingerprint density at radius 3 is 2.28 bits per heavy atom. The fourth-order valence-electron chi connectivity index (χ4n) is 2.26. The zero-order valence-corrected chi connectivity index (χ0v) is 13.0. The average Bonchev–Trinajstić information content (AvgIpc) is 2.29. The summed E-state index contributed by atoms with van der Waals surface area (Å²) in [5.41, 5.74) is 4.87. The van der Waals surface area contributed by atoms with Crippen molar-refractivity contribution in [2.24, 2.45) is 10.4 Å². The molecule has 1 aliphatic rings. The minimum absolute atomic E-state index is 0.0688. The van der Waals surface area contributed by atoms with Gasteiger partial charge >= 0.3 is 0 Å². The van der Waals surface area contributed by atoms with Gasteiger partial charge in [-0.05, 0) is 45.3 Å². The van der Waals surface area contributed by atoms with Crippen LogP contribution >= 0.6 is 0 Å². The van der Waals surface area contributed by atoms with E-state index in [2.05, 4.69) is 67.2 Å². The lowest BCUT2D eigenvalue weighted by Crippen LogP contribution is -2.43. The van der Waals surface area contributed by atoms with Crippen molar-refractivity contribution in [1.29, 1.82) is 0 Å². The Hall–Kier alpha value is -1.11. The van der Waals surface area contributed by atoms with Crippen molar-refractivity contribution in [2.75, 3.05) is 0 Å². The molecule has 0 N–H and O–H groups in total. The standard InChI is InChI=1S/C17H27N/c1-9-11-14-13(4)16(5,6)17(7,8)18-15(14)12(3)10-2/h9,11H,3,10H2,1-2,4-8H3. The first-order chi connectivity index (χ1) is 8.19. The molecule has 0 spiro atoms. The van der Waals surface area contributed by atoms with Gasteiger partial charge in [0.05, 0.1) is 11.3 Å². The Labute approximate surface area is 112 Å². The SMILES string of the molecule is C=C(CC)C1=NC(C)(C)C(C)(C)C(C)=C1C=CC. The highest BCUT2D eigenvalue weighted by Crippen LogP contribution is 2.46. The third-order valence-electron chi connectivity index (χ3n) is 4.61. The lowest BCUT2D eigenvalue weighted by atomic mass is 9.66. The quantitative estimate of drug-likeness (QED) is 0.655. The van der Waals surface area contributed by atoms with Gasteiger partial charge in [-0.15, -0.1) is 0 Å². The number of dihydropyridines is 1. The van der Waals surface area contributed by atoms with E-state index in [9.17, 15) is 0 Å². The van der Waals surface area contributed by atoms with Crippen molar-refractivity contribution in [3.8, 4) is 0 Å². The van der Waals surface area contributed by atoms with Crippen LogP contribution in [0.15, 0.2) is 40.4 Å². The lowest BCUT2D eigenvalue weighted by molar-refractivity contribution is 0.251. The summed E-state index contributed by atoms with van der Waals surface area (Å²) >= 11 is 0. The number of nitrogens with zero attached hydrogens (tertiary/aromatic N) is 1. The highest BCUT2D eigenvalue weighted by Gasteiger charge is 2.42. The van der Waals surface area contributed by atoms with Crippen LogP contribution in [-0.2, 0) is 0 Å². The van der Waals surface area contributed by atoms with Crippen LogP contribution in [0.3, 0.4) is 0 Å². The number of hydrogen-bond acceptors (Lipinski definition) is 1. The molecule has 0 aliphatic carbocycles. The predicted octanol–water partition coefficient (Wildman–Crippen LogP) is 5.10. The predicted molar refractivity (Wildman–Crippen MR) is 82.2 cm³/mol. The van der Waals surface area contributed by atoms with Gasteiger partial charge in [0.15, 0.2) is 0 Å². The van der Waals surface area contributed by atoms with Gasteiger partial charge < -0.3 is 0 Å². The van der Waals surface area contributed by atoms with E-state index < -0.39 is 0 Å². The maximum absolute atomic E-state index is 5.00. The van der Waals surface area contributed by atoms with Crippen molar-refractivity contribution in [1.82, 2.24) is 0 Å². The van der Waals surface area contributed by atoms with Gasteiger partial charge in [0.2, 0.25) is 0 Å². The summed E-state index contributed by atoms with van der Waals surface area (Å²) in [6.07, 6.45) is 5.21. The number of rotatable bonds is 3. The van der Waals surface area contributed by atoms with Gasteiger partial charge in [-0.1, -0.05) is 45.1 Å². The smallest absolute Gasteiger partial charge is 0.0679 e. The molecule has 0 saturated heterocycles. The zero-order valence-electron chi connectivity index (χ0n) is 13.0. The number of allylic oxidation sites excluding steroid dienone is 4. The first kappa shape index (κ1) is 14.9. The summed E-state index contributed by atoms with van der Waals surface area (Å²) in [5.74, 6) is 0. The molecule has 0 aromatic rings. The van der Waals surface area contributed by atoms with Gasteiger partial charge in [-0.3, -0.25) is 4.99 Å². The van der Waals surface area contributed by atoms with Gasteiger partial charge in [0.25, 0.3) is 0 Å². The molecular formula is C17H27N. The van der Waals surface area contributed by atoms with Crippen LogP contribution in [-0.4, -0.2) is 11.3 Å².